The molecule has 6 heteroatoms. The van der Waals surface area contributed by atoms with Crippen LogP contribution in [0.3, 0.4) is 0 Å². The number of aromatic nitrogens is 1. The Kier molecular flexibility index (Phi) is 5.26. The number of benzene rings is 1. The smallest absolute Gasteiger partial charge is 0.319 e. The normalized spacial score (nSPS) is 11.9. The van der Waals surface area contributed by atoms with Gasteiger partial charge in [0.1, 0.15) is 11.5 Å². The minimum atomic E-state index is -0.277. The highest BCUT2D eigenvalue weighted by Gasteiger charge is 2.18. The lowest BCUT2D eigenvalue weighted by Crippen LogP contribution is -2.31. The summed E-state index contributed by atoms with van der Waals surface area (Å²) < 4.78 is 10.6. The van der Waals surface area contributed by atoms with Gasteiger partial charge in [-0.2, -0.15) is 0 Å². The van der Waals surface area contributed by atoms with Crippen molar-refractivity contribution in [3.8, 4) is 5.75 Å². The number of urea groups is 1. The minimum Gasteiger partial charge on any atom is -0.494 e. The lowest BCUT2D eigenvalue weighted by Gasteiger charge is -2.15. The number of rotatable bonds is 5. The van der Waals surface area contributed by atoms with Crippen molar-refractivity contribution in [2.24, 2.45) is 0 Å². The van der Waals surface area contributed by atoms with E-state index >= 15 is 0 Å². The Hall–Kier alpha value is -2.50. The first-order valence-electron chi connectivity index (χ1n) is 7.66. The van der Waals surface area contributed by atoms with E-state index in [2.05, 4.69) is 15.8 Å². The van der Waals surface area contributed by atoms with Crippen LogP contribution >= 0.6 is 0 Å². The number of anilines is 1. The predicted octanol–water partition coefficient (Wildman–Crippen LogP) is 3.88. The van der Waals surface area contributed by atoms with Crippen molar-refractivity contribution >= 4 is 11.7 Å². The maximum atomic E-state index is 12.2. The Morgan fingerprint density at radius 3 is 2.65 bits per heavy atom. The number of carbonyl (C=O) groups excluding carboxylic acids is 1. The summed E-state index contributed by atoms with van der Waals surface area (Å²) in [6.45, 7) is 10.1. The van der Waals surface area contributed by atoms with Crippen LogP contribution < -0.4 is 15.4 Å². The van der Waals surface area contributed by atoms with Crippen LogP contribution in [0.15, 0.2) is 22.7 Å². The number of hydrogen-bond acceptors (Lipinski definition) is 4. The van der Waals surface area contributed by atoms with Crippen molar-refractivity contribution in [2.45, 2.75) is 40.7 Å². The Labute approximate surface area is 136 Å². The molecule has 0 aliphatic heterocycles. The number of ether oxygens (including phenoxy) is 1. The van der Waals surface area contributed by atoms with E-state index in [-0.39, 0.29) is 12.1 Å². The fourth-order valence-corrected chi connectivity index (χ4v) is 2.59. The van der Waals surface area contributed by atoms with Crippen molar-refractivity contribution in [3.05, 3.63) is 40.8 Å². The van der Waals surface area contributed by atoms with Crippen molar-refractivity contribution in [1.29, 1.82) is 0 Å². The van der Waals surface area contributed by atoms with Crippen molar-refractivity contribution in [1.82, 2.24) is 10.5 Å². The van der Waals surface area contributed by atoms with Gasteiger partial charge in [0.2, 0.25) is 0 Å². The second-order valence-corrected chi connectivity index (χ2v) is 5.47. The lowest BCUT2D eigenvalue weighted by atomic mass is 10.1. The molecule has 0 unspecified atom stereocenters. The number of carbonyl (C=O) groups is 1. The monoisotopic (exact) mass is 317 g/mol. The third-order valence-corrected chi connectivity index (χ3v) is 3.60. The van der Waals surface area contributed by atoms with Gasteiger partial charge >= 0.3 is 6.03 Å². The second kappa shape index (κ2) is 7.17. The largest absolute Gasteiger partial charge is 0.494 e. The molecule has 2 rings (SSSR count). The molecule has 0 aliphatic rings. The number of nitrogens with one attached hydrogen (secondary N) is 2. The first-order valence-corrected chi connectivity index (χ1v) is 7.66. The van der Waals surface area contributed by atoms with Gasteiger partial charge in [0.15, 0.2) is 0 Å². The van der Waals surface area contributed by atoms with Gasteiger partial charge in [-0.3, -0.25) is 0 Å². The molecule has 23 heavy (non-hydrogen) atoms. The van der Waals surface area contributed by atoms with Gasteiger partial charge in [-0.1, -0.05) is 5.16 Å². The summed E-state index contributed by atoms with van der Waals surface area (Å²) in [5.74, 6) is 1.54. The highest BCUT2D eigenvalue weighted by atomic mass is 16.5. The van der Waals surface area contributed by atoms with Gasteiger partial charge in [-0.15, -0.1) is 0 Å². The first-order chi connectivity index (χ1) is 10.9. The van der Waals surface area contributed by atoms with Crippen LogP contribution in [0.25, 0.3) is 0 Å². The summed E-state index contributed by atoms with van der Waals surface area (Å²) in [7, 11) is 0. The molecule has 0 saturated heterocycles. The van der Waals surface area contributed by atoms with Crippen molar-refractivity contribution in [2.75, 3.05) is 11.9 Å². The molecule has 0 bridgehead atoms. The zero-order valence-electron chi connectivity index (χ0n) is 14.2. The van der Waals surface area contributed by atoms with Crippen LogP contribution in [-0.4, -0.2) is 17.8 Å². The van der Waals surface area contributed by atoms with Gasteiger partial charge < -0.3 is 19.9 Å². The van der Waals surface area contributed by atoms with Gasteiger partial charge in [0, 0.05) is 11.3 Å². The molecule has 1 aromatic heterocycles. The van der Waals surface area contributed by atoms with Crippen LogP contribution in [0.1, 0.15) is 42.5 Å². The quantitative estimate of drug-likeness (QED) is 0.877. The number of nitrogens with zero attached hydrogens (tertiary/aromatic N) is 1. The molecule has 124 valence electrons. The summed E-state index contributed by atoms with van der Waals surface area (Å²) in [4.78, 5) is 12.2. The highest BCUT2D eigenvalue weighted by molar-refractivity contribution is 5.89. The minimum absolute atomic E-state index is 0.190. The standard InChI is InChI=1S/C17H23N3O3/c1-6-22-15-8-7-14(9-10(15)2)19-17(21)18-11(3)16-12(4)20-23-13(16)5/h7-9,11H,6H2,1-5H3,(H2,18,19,21)/t11-/m0/s1. The third-order valence-electron chi connectivity index (χ3n) is 3.60. The van der Waals surface area contributed by atoms with Crippen LogP contribution in [0, 0.1) is 20.8 Å². The van der Waals surface area contributed by atoms with Crippen molar-refractivity contribution < 1.29 is 14.1 Å². The van der Waals surface area contributed by atoms with E-state index < -0.39 is 0 Å². The molecule has 0 fully saturated rings. The number of amides is 2. The maximum absolute atomic E-state index is 12.2. The Bertz CT molecular complexity index is 675. The molecular formula is C17H23N3O3. The summed E-state index contributed by atoms with van der Waals surface area (Å²) in [5, 5.41) is 9.62. The van der Waals surface area contributed by atoms with E-state index in [9.17, 15) is 4.79 Å². The van der Waals surface area contributed by atoms with Crippen LogP contribution in [-0.2, 0) is 0 Å². The van der Waals surface area contributed by atoms with Gasteiger partial charge in [0.25, 0.3) is 0 Å². The molecular weight excluding hydrogens is 294 g/mol. The Morgan fingerprint density at radius 2 is 2.09 bits per heavy atom. The second-order valence-electron chi connectivity index (χ2n) is 5.47. The molecule has 2 aromatic rings. The summed E-state index contributed by atoms with van der Waals surface area (Å²) >= 11 is 0. The molecule has 0 aliphatic carbocycles. The molecule has 0 radical (unpaired) electrons. The zero-order chi connectivity index (χ0) is 17.0. The molecule has 0 saturated carbocycles. The van der Waals surface area contributed by atoms with E-state index in [0.717, 1.165) is 28.3 Å². The van der Waals surface area contributed by atoms with Gasteiger partial charge in [-0.05, 0) is 58.4 Å². The summed E-state index contributed by atoms with van der Waals surface area (Å²) in [5.41, 5.74) is 3.38. The fourth-order valence-electron chi connectivity index (χ4n) is 2.59. The molecule has 1 aromatic carbocycles. The van der Waals surface area contributed by atoms with E-state index in [1.54, 1.807) is 0 Å². The molecule has 1 atom stereocenters. The Balaban J connectivity index is 2.01. The highest BCUT2D eigenvalue weighted by Crippen LogP contribution is 2.23. The predicted molar refractivity (Wildman–Crippen MR) is 88.9 cm³/mol. The van der Waals surface area contributed by atoms with E-state index in [1.807, 2.05) is 52.8 Å². The number of hydrogen-bond donors (Lipinski definition) is 2. The molecule has 2 N–H and O–H groups in total. The lowest BCUT2D eigenvalue weighted by molar-refractivity contribution is 0.249. The average Bonchev–Trinajstić information content (AvgIpc) is 2.81. The summed E-state index contributed by atoms with van der Waals surface area (Å²) in [6.07, 6.45) is 0. The zero-order valence-corrected chi connectivity index (χ0v) is 14.2. The molecule has 6 nitrogen and oxygen atoms in total. The van der Waals surface area contributed by atoms with E-state index in [1.165, 1.54) is 0 Å². The maximum Gasteiger partial charge on any atom is 0.319 e. The molecule has 0 spiro atoms. The summed E-state index contributed by atoms with van der Waals surface area (Å²) in [6, 6.07) is 5.08. The number of aryl methyl sites for hydroxylation is 3. The third kappa shape index (κ3) is 4.03. The van der Waals surface area contributed by atoms with Crippen LogP contribution in [0.4, 0.5) is 10.5 Å². The fraction of sp³-hybridized carbons (Fsp3) is 0.412. The molecule has 1 heterocycles. The van der Waals surface area contributed by atoms with Gasteiger partial charge in [-0.25, -0.2) is 4.79 Å². The SMILES string of the molecule is CCOc1ccc(NC(=O)N[C@@H](C)c2c(C)noc2C)cc1C. The average molecular weight is 317 g/mol. The van der Waals surface area contributed by atoms with Crippen molar-refractivity contribution in [3.63, 3.8) is 0 Å². The van der Waals surface area contributed by atoms with Gasteiger partial charge in [0.05, 0.1) is 18.3 Å². The topological polar surface area (TPSA) is 76.4 Å². The Morgan fingerprint density at radius 1 is 1.35 bits per heavy atom. The molecule has 2 amide bonds. The van der Waals surface area contributed by atoms with Crippen LogP contribution in [0.2, 0.25) is 0 Å². The first kappa shape index (κ1) is 16.9. The van der Waals surface area contributed by atoms with Crippen LogP contribution in [0.5, 0.6) is 5.75 Å². The van der Waals surface area contributed by atoms with E-state index in [4.69, 9.17) is 9.26 Å². The van der Waals surface area contributed by atoms with E-state index in [0.29, 0.717) is 12.4 Å².